The first-order chi connectivity index (χ1) is 18.8. The largest absolute Gasteiger partial charge is 0.355 e. The summed E-state index contributed by atoms with van der Waals surface area (Å²) in [5.74, 6) is 0.0274. The number of anilines is 2. The van der Waals surface area contributed by atoms with Gasteiger partial charge < -0.3 is 10.2 Å². The van der Waals surface area contributed by atoms with Crippen LogP contribution in [0.5, 0.6) is 0 Å². The van der Waals surface area contributed by atoms with Gasteiger partial charge in [0.25, 0.3) is 5.91 Å². The standard InChI is InChI=1S/C28H32ClFN6O/c29-25-19-22(30)6-5-21(25)20-34-15-9-24(10-16-34)35-13-2-14-36(18-17-35)27-4-1-3-26(33-27)28(37)32-23-7-11-31-12-8-23/h1,3-8,11-12,19,24H,2,9-10,13-18,20H2,(H,31,32,37)/i13D2. The number of amides is 1. The predicted octanol–water partition coefficient (Wildman–Crippen LogP) is 4.70. The van der Waals surface area contributed by atoms with Crippen molar-refractivity contribution in [2.45, 2.75) is 31.8 Å². The highest BCUT2D eigenvalue weighted by Crippen LogP contribution is 2.24. The molecule has 2 aliphatic heterocycles. The van der Waals surface area contributed by atoms with Crippen molar-refractivity contribution in [2.24, 2.45) is 0 Å². The second-order valence-electron chi connectivity index (χ2n) is 9.40. The van der Waals surface area contributed by atoms with Gasteiger partial charge in [-0.1, -0.05) is 23.7 Å². The highest BCUT2D eigenvalue weighted by Gasteiger charge is 2.27. The van der Waals surface area contributed by atoms with Crippen molar-refractivity contribution in [3.8, 4) is 0 Å². The molecule has 9 heteroatoms. The molecule has 37 heavy (non-hydrogen) atoms. The predicted molar refractivity (Wildman–Crippen MR) is 145 cm³/mol. The molecule has 4 heterocycles. The molecule has 0 atom stereocenters. The maximum absolute atomic E-state index is 13.4. The van der Waals surface area contributed by atoms with Crippen LogP contribution in [0.1, 0.15) is 38.1 Å². The molecule has 0 aliphatic carbocycles. The Morgan fingerprint density at radius 1 is 1.08 bits per heavy atom. The van der Waals surface area contributed by atoms with Crippen LogP contribution in [-0.2, 0) is 6.54 Å². The third-order valence-electron chi connectivity index (χ3n) is 6.94. The van der Waals surface area contributed by atoms with E-state index >= 15 is 0 Å². The van der Waals surface area contributed by atoms with Crippen LogP contribution in [0.2, 0.25) is 5.02 Å². The number of carbonyl (C=O) groups is 1. The number of likely N-dealkylation sites (tertiary alicyclic amines) is 1. The molecule has 2 fully saturated rings. The average Bonchev–Trinajstić information content (AvgIpc) is 3.09. The van der Waals surface area contributed by atoms with Crippen LogP contribution in [0.4, 0.5) is 15.9 Å². The van der Waals surface area contributed by atoms with E-state index in [4.69, 9.17) is 14.3 Å². The van der Waals surface area contributed by atoms with Gasteiger partial charge >= 0.3 is 0 Å². The number of rotatable bonds is 6. The van der Waals surface area contributed by atoms with Crippen LogP contribution in [0.3, 0.4) is 0 Å². The van der Waals surface area contributed by atoms with E-state index in [-0.39, 0.29) is 17.8 Å². The molecule has 2 aliphatic rings. The maximum atomic E-state index is 13.4. The van der Waals surface area contributed by atoms with Crippen LogP contribution >= 0.6 is 11.6 Å². The van der Waals surface area contributed by atoms with Gasteiger partial charge in [-0.15, -0.1) is 0 Å². The van der Waals surface area contributed by atoms with Gasteiger partial charge in [-0.3, -0.25) is 19.6 Å². The summed E-state index contributed by atoms with van der Waals surface area (Å²) in [5.41, 5.74) is 1.86. The number of pyridine rings is 2. The number of aromatic nitrogens is 2. The fourth-order valence-corrected chi connectivity index (χ4v) is 5.15. The van der Waals surface area contributed by atoms with Gasteiger partial charge in [0, 0.05) is 64.6 Å². The van der Waals surface area contributed by atoms with Crippen LogP contribution in [0.15, 0.2) is 60.9 Å². The number of hydrogen-bond donors (Lipinski definition) is 1. The molecule has 3 aromatic rings. The Morgan fingerprint density at radius 3 is 2.68 bits per heavy atom. The first-order valence-electron chi connectivity index (χ1n) is 13.6. The van der Waals surface area contributed by atoms with E-state index in [1.165, 1.54) is 12.1 Å². The number of benzene rings is 1. The number of halogens is 2. The lowest BCUT2D eigenvalue weighted by molar-refractivity contribution is 0.102. The Kier molecular flexibility index (Phi) is 7.47. The molecule has 1 N–H and O–H groups in total. The van der Waals surface area contributed by atoms with E-state index in [0.29, 0.717) is 54.8 Å². The van der Waals surface area contributed by atoms with Crippen molar-refractivity contribution in [1.29, 1.82) is 0 Å². The Bertz CT molecular complexity index is 1290. The molecule has 5 rings (SSSR count). The summed E-state index contributed by atoms with van der Waals surface area (Å²) in [7, 11) is 0. The third-order valence-corrected chi connectivity index (χ3v) is 7.30. The highest BCUT2D eigenvalue weighted by atomic mass is 35.5. The third kappa shape index (κ3) is 6.63. The molecule has 0 spiro atoms. The van der Waals surface area contributed by atoms with Crippen molar-refractivity contribution >= 4 is 29.0 Å². The summed E-state index contributed by atoms with van der Waals surface area (Å²) in [6.07, 6.45) is 5.26. The normalized spacial score (nSPS) is 20.1. The van der Waals surface area contributed by atoms with Gasteiger partial charge in [-0.05, 0) is 74.3 Å². The molecule has 0 radical (unpaired) electrons. The number of carbonyl (C=O) groups excluding carboxylic acids is 1. The van der Waals surface area contributed by atoms with Gasteiger partial charge in [-0.2, -0.15) is 0 Å². The second-order valence-corrected chi connectivity index (χ2v) is 9.81. The summed E-state index contributed by atoms with van der Waals surface area (Å²) in [6, 6.07) is 13.4. The first kappa shape index (κ1) is 23.1. The van der Waals surface area contributed by atoms with Gasteiger partial charge in [0.1, 0.15) is 17.3 Å². The molecule has 194 valence electrons. The minimum Gasteiger partial charge on any atom is -0.355 e. The van der Waals surface area contributed by atoms with E-state index in [9.17, 15) is 9.18 Å². The van der Waals surface area contributed by atoms with E-state index in [0.717, 1.165) is 31.5 Å². The Morgan fingerprint density at radius 2 is 1.89 bits per heavy atom. The molecule has 2 aromatic heterocycles. The zero-order valence-corrected chi connectivity index (χ0v) is 21.4. The molecule has 0 saturated carbocycles. The molecule has 0 bridgehead atoms. The average molecular weight is 525 g/mol. The molecule has 7 nitrogen and oxygen atoms in total. The number of hydrogen-bond acceptors (Lipinski definition) is 6. The first-order valence-corrected chi connectivity index (χ1v) is 13.0. The molecule has 0 unspecified atom stereocenters. The van der Waals surface area contributed by atoms with Crippen molar-refractivity contribution in [1.82, 2.24) is 19.8 Å². The van der Waals surface area contributed by atoms with E-state index in [1.807, 2.05) is 17.0 Å². The summed E-state index contributed by atoms with van der Waals surface area (Å²) < 4.78 is 31.1. The topological polar surface area (TPSA) is 64.6 Å². The lowest BCUT2D eigenvalue weighted by Gasteiger charge is -2.38. The number of nitrogens with one attached hydrogen (secondary N) is 1. The summed E-state index contributed by atoms with van der Waals surface area (Å²) in [6.45, 7) is 2.55. The van der Waals surface area contributed by atoms with Crippen LogP contribution in [0, 0.1) is 5.82 Å². The molecule has 1 amide bonds. The Labute approximate surface area is 225 Å². The summed E-state index contributed by atoms with van der Waals surface area (Å²) in [5, 5.41) is 3.27. The second kappa shape index (κ2) is 12.0. The van der Waals surface area contributed by atoms with Gasteiger partial charge in [-0.25, -0.2) is 9.37 Å². The minimum atomic E-state index is -1.45. The van der Waals surface area contributed by atoms with E-state index < -0.39 is 6.50 Å². The minimum absolute atomic E-state index is 0.130. The smallest absolute Gasteiger partial charge is 0.274 e. The summed E-state index contributed by atoms with van der Waals surface area (Å²) >= 11 is 6.22. The molecular formula is C28H32ClFN6O. The number of nitrogens with zero attached hydrogens (tertiary/aromatic N) is 5. The number of piperidine rings is 1. The van der Waals surface area contributed by atoms with Crippen molar-refractivity contribution in [3.05, 3.63) is 83.0 Å². The Hall–Kier alpha value is -3.07. The van der Waals surface area contributed by atoms with Crippen molar-refractivity contribution < 1.29 is 11.9 Å². The van der Waals surface area contributed by atoms with Crippen LogP contribution in [0.25, 0.3) is 0 Å². The van der Waals surface area contributed by atoms with E-state index in [1.54, 1.807) is 36.7 Å². The monoisotopic (exact) mass is 524 g/mol. The van der Waals surface area contributed by atoms with E-state index in [2.05, 4.69) is 25.1 Å². The van der Waals surface area contributed by atoms with Gasteiger partial charge in [0.2, 0.25) is 0 Å². The molecule has 2 saturated heterocycles. The van der Waals surface area contributed by atoms with Gasteiger partial charge in [0.15, 0.2) is 0 Å². The van der Waals surface area contributed by atoms with Crippen molar-refractivity contribution in [3.63, 3.8) is 0 Å². The lowest BCUT2D eigenvalue weighted by atomic mass is 10.0. The summed E-state index contributed by atoms with van der Waals surface area (Å²) in [4.78, 5) is 27.7. The fraction of sp³-hybridized carbons (Fsp3) is 0.393. The van der Waals surface area contributed by atoms with Gasteiger partial charge in [0.05, 0.1) is 0 Å². The maximum Gasteiger partial charge on any atom is 0.274 e. The quantitative estimate of drug-likeness (QED) is 0.504. The Balaban J connectivity index is 1.20. The van der Waals surface area contributed by atoms with Crippen LogP contribution in [-0.4, -0.2) is 70.9 Å². The highest BCUT2D eigenvalue weighted by molar-refractivity contribution is 6.31. The lowest BCUT2D eigenvalue weighted by Crippen LogP contribution is -2.46. The zero-order valence-electron chi connectivity index (χ0n) is 22.6. The molecular weight excluding hydrogens is 491 g/mol. The SMILES string of the molecule is [2H]C1([2H])CCN(c2cccc(C(=O)Nc3ccncc3)n2)CCN1C1CCN(Cc2ccc(F)cc2Cl)CC1. The zero-order chi connectivity index (χ0) is 27.4. The van der Waals surface area contributed by atoms with Crippen molar-refractivity contribution in [2.75, 3.05) is 49.4 Å². The van der Waals surface area contributed by atoms with Crippen LogP contribution < -0.4 is 10.2 Å². The molecule has 1 aromatic carbocycles. The fourth-order valence-electron chi connectivity index (χ4n) is 4.92.